The van der Waals surface area contributed by atoms with Gasteiger partial charge in [0.25, 0.3) is 0 Å². The highest BCUT2D eigenvalue weighted by Crippen LogP contribution is 2.37. The second kappa shape index (κ2) is 5.24. The molecule has 1 saturated carbocycles. The quantitative estimate of drug-likeness (QED) is 0.905. The van der Waals surface area contributed by atoms with Crippen LogP contribution < -0.4 is 5.32 Å². The van der Waals surface area contributed by atoms with E-state index in [1.54, 1.807) is 0 Å². The molecule has 1 aliphatic rings. The first-order valence-electron chi connectivity index (χ1n) is 5.98. The van der Waals surface area contributed by atoms with E-state index in [-0.39, 0.29) is 0 Å². The van der Waals surface area contributed by atoms with Gasteiger partial charge in [-0.15, -0.1) is 0 Å². The summed E-state index contributed by atoms with van der Waals surface area (Å²) < 4.78 is 0. The van der Waals surface area contributed by atoms with Crippen LogP contribution >= 0.6 is 22.9 Å². The van der Waals surface area contributed by atoms with Crippen LogP contribution in [0.3, 0.4) is 0 Å². The molecule has 0 bridgehead atoms. The van der Waals surface area contributed by atoms with Gasteiger partial charge < -0.3 is 5.32 Å². The van der Waals surface area contributed by atoms with E-state index in [4.69, 9.17) is 16.9 Å². The molecule has 0 saturated heterocycles. The summed E-state index contributed by atoms with van der Waals surface area (Å²) in [5.74, 6) is 1.46. The molecule has 2 rings (SSSR count). The predicted octanol–water partition coefficient (Wildman–Crippen LogP) is 3.90. The van der Waals surface area contributed by atoms with Crippen molar-refractivity contribution in [3.8, 4) is 6.07 Å². The first kappa shape index (κ1) is 12.7. The lowest BCUT2D eigenvalue weighted by atomic mass is 9.94. The Morgan fingerprint density at radius 1 is 1.59 bits per heavy atom. The standard InChI is InChI=1S/C12H16ClN3S/c1-3-8-4-5-9(7(8)2)15-12-16-11(13)10(6-14)17-12/h7-9H,3-5H2,1-2H3,(H,15,16). The molecule has 17 heavy (non-hydrogen) atoms. The van der Waals surface area contributed by atoms with Gasteiger partial charge in [-0.3, -0.25) is 0 Å². The lowest BCUT2D eigenvalue weighted by Gasteiger charge is -2.20. The molecule has 1 N–H and O–H groups in total. The maximum Gasteiger partial charge on any atom is 0.185 e. The van der Waals surface area contributed by atoms with Crippen molar-refractivity contribution in [3.05, 3.63) is 10.0 Å². The van der Waals surface area contributed by atoms with E-state index in [2.05, 4.69) is 30.2 Å². The van der Waals surface area contributed by atoms with Crippen molar-refractivity contribution in [2.24, 2.45) is 11.8 Å². The van der Waals surface area contributed by atoms with E-state index in [0.717, 1.165) is 11.0 Å². The fourth-order valence-corrected chi connectivity index (χ4v) is 3.63. The van der Waals surface area contributed by atoms with Crippen LogP contribution in [0.1, 0.15) is 38.0 Å². The molecule has 0 spiro atoms. The molecule has 0 amide bonds. The Morgan fingerprint density at radius 2 is 2.35 bits per heavy atom. The van der Waals surface area contributed by atoms with Crippen LogP contribution in [0.15, 0.2) is 0 Å². The summed E-state index contributed by atoms with van der Waals surface area (Å²) in [7, 11) is 0. The van der Waals surface area contributed by atoms with Crippen molar-refractivity contribution >= 4 is 28.1 Å². The van der Waals surface area contributed by atoms with E-state index in [1.165, 1.54) is 30.6 Å². The average Bonchev–Trinajstić information content (AvgIpc) is 2.84. The minimum Gasteiger partial charge on any atom is -0.358 e. The van der Waals surface area contributed by atoms with Gasteiger partial charge >= 0.3 is 0 Å². The van der Waals surface area contributed by atoms with Crippen molar-refractivity contribution < 1.29 is 0 Å². The van der Waals surface area contributed by atoms with Gasteiger partial charge in [-0.25, -0.2) is 4.98 Å². The third kappa shape index (κ3) is 2.56. The summed E-state index contributed by atoms with van der Waals surface area (Å²) in [6.07, 6.45) is 3.69. The van der Waals surface area contributed by atoms with Gasteiger partial charge in [-0.05, 0) is 24.7 Å². The fraction of sp³-hybridized carbons (Fsp3) is 0.667. The molecule has 1 fully saturated rings. The highest BCUT2D eigenvalue weighted by molar-refractivity contribution is 7.16. The Morgan fingerprint density at radius 3 is 2.88 bits per heavy atom. The van der Waals surface area contributed by atoms with Crippen LogP contribution in [-0.2, 0) is 0 Å². The maximum absolute atomic E-state index is 8.83. The van der Waals surface area contributed by atoms with Crippen molar-refractivity contribution in [1.82, 2.24) is 4.98 Å². The second-order valence-corrected chi connectivity index (χ2v) is 5.96. The van der Waals surface area contributed by atoms with Gasteiger partial charge in [-0.2, -0.15) is 5.26 Å². The number of thiazole rings is 1. The lowest BCUT2D eigenvalue weighted by molar-refractivity contribution is 0.392. The van der Waals surface area contributed by atoms with Gasteiger partial charge in [-0.1, -0.05) is 43.2 Å². The number of rotatable bonds is 3. The van der Waals surface area contributed by atoms with Crippen molar-refractivity contribution in [1.29, 1.82) is 5.26 Å². The molecular weight excluding hydrogens is 254 g/mol. The number of nitrogens with one attached hydrogen (secondary N) is 1. The first-order chi connectivity index (χ1) is 8.15. The van der Waals surface area contributed by atoms with Gasteiger partial charge in [0.05, 0.1) is 0 Å². The Bertz CT molecular complexity index is 437. The number of hydrogen-bond donors (Lipinski definition) is 1. The molecule has 0 radical (unpaired) electrons. The van der Waals surface area contributed by atoms with Gasteiger partial charge in [0.15, 0.2) is 10.3 Å². The summed E-state index contributed by atoms with van der Waals surface area (Å²) in [4.78, 5) is 4.67. The average molecular weight is 270 g/mol. The number of nitriles is 1. The van der Waals surface area contributed by atoms with Crippen molar-refractivity contribution in [2.45, 2.75) is 39.2 Å². The summed E-state index contributed by atoms with van der Waals surface area (Å²) in [6.45, 7) is 4.54. The van der Waals surface area contributed by atoms with E-state index in [0.29, 0.717) is 22.0 Å². The smallest absolute Gasteiger partial charge is 0.185 e. The highest BCUT2D eigenvalue weighted by Gasteiger charge is 2.32. The van der Waals surface area contributed by atoms with Crippen LogP contribution in [-0.4, -0.2) is 11.0 Å². The minimum absolute atomic E-state index is 0.317. The third-order valence-electron chi connectivity index (χ3n) is 3.75. The minimum atomic E-state index is 0.317. The molecule has 3 atom stereocenters. The van der Waals surface area contributed by atoms with E-state index in [1.807, 2.05) is 0 Å². The Balaban J connectivity index is 2.04. The molecule has 3 nitrogen and oxygen atoms in total. The molecule has 1 aromatic heterocycles. The van der Waals surface area contributed by atoms with E-state index >= 15 is 0 Å². The second-order valence-electron chi connectivity index (χ2n) is 4.61. The number of hydrogen-bond acceptors (Lipinski definition) is 4. The lowest BCUT2D eigenvalue weighted by Crippen LogP contribution is -2.24. The molecule has 1 heterocycles. The zero-order valence-corrected chi connectivity index (χ0v) is 11.6. The Labute approximate surface area is 111 Å². The van der Waals surface area contributed by atoms with E-state index < -0.39 is 0 Å². The Hall–Kier alpha value is -0.790. The maximum atomic E-state index is 8.83. The largest absolute Gasteiger partial charge is 0.358 e. The molecule has 92 valence electrons. The third-order valence-corrected chi connectivity index (χ3v) is 5.02. The zero-order chi connectivity index (χ0) is 12.4. The number of anilines is 1. The van der Waals surface area contributed by atoms with Crippen LogP contribution in [0, 0.1) is 23.2 Å². The molecule has 0 aromatic carbocycles. The van der Waals surface area contributed by atoms with Crippen LogP contribution in [0.2, 0.25) is 5.15 Å². The number of halogens is 1. The SMILES string of the molecule is CCC1CCC(Nc2nc(Cl)c(C#N)s2)C1C. The van der Waals surface area contributed by atoms with Crippen LogP contribution in [0.4, 0.5) is 5.13 Å². The molecular formula is C12H16ClN3S. The summed E-state index contributed by atoms with van der Waals surface area (Å²) >= 11 is 7.20. The normalized spacial score (nSPS) is 28.0. The topological polar surface area (TPSA) is 48.7 Å². The number of nitrogens with zero attached hydrogens (tertiary/aromatic N) is 2. The van der Waals surface area contributed by atoms with Crippen LogP contribution in [0.25, 0.3) is 0 Å². The zero-order valence-electron chi connectivity index (χ0n) is 10.0. The molecule has 1 aliphatic carbocycles. The van der Waals surface area contributed by atoms with Gasteiger partial charge in [0, 0.05) is 6.04 Å². The van der Waals surface area contributed by atoms with E-state index in [9.17, 15) is 0 Å². The molecule has 1 aromatic rings. The highest BCUT2D eigenvalue weighted by atomic mass is 35.5. The Kier molecular flexibility index (Phi) is 3.90. The van der Waals surface area contributed by atoms with Crippen LogP contribution in [0.5, 0.6) is 0 Å². The van der Waals surface area contributed by atoms with Gasteiger partial charge in [0.1, 0.15) is 10.9 Å². The van der Waals surface area contributed by atoms with Crippen molar-refractivity contribution in [3.63, 3.8) is 0 Å². The van der Waals surface area contributed by atoms with Crippen molar-refractivity contribution in [2.75, 3.05) is 5.32 Å². The molecule has 5 heteroatoms. The predicted molar refractivity (Wildman–Crippen MR) is 71.4 cm³/mol. The molecule has 0 aliphatic heterocycles. The fourth-order valence-electron chi connectivity index (χ4n) is 2.62. The summed E-state index contributed by atoms with van der Waals surface area (Å²) in [5.41, 5.74) is 0. The van der Waals surface area contributed by atoms with Gasteiger partial charge in [0.2, 0.25) is 0 Å². The molecule has 3 unspecified atom stereocenters. The summed E-state index contributed by atoms with van der Waals surface area (Å²) in [5, 5.41) is 13.4. The number of aromatic nitrogens is 1. The summed E-state index contributed by atoms with van der Waals surface area (Å²) in [6, 6.07) is 2.52. The monoisotopic (exact) mass is 269 g/mol. The first-order valence-corrected chi connectivity index (χ1v) is 7.18.